The second kappa shape index (κ2) is 9.25. The van der Waals surface area contributed by atoms with Crippen molar-refractivity contribution in [3.8, 4) is 11.3 Å². The molecular weight excluding hydrogens is 429 g/mol. The molecule has 1 amide bonds. The number of furan rings is 1. The molecule has 3 nitrogen and oxygen atoms in total. The summed E-state index contributed by atoms with van der Waals surface area (Å²) in [4.78, 5) is 12.8. The molecule has 0 aliphatic heterocycles. The summed E-state index contributed by atoms with van der Waals surface area (Å²) in [5.74, 6) is 0.813. The fourth-order valence-corrected chi connectivity index (χ4v) is 3.70. The zero-order valence-electron chi connectivity index (χ0n) is 16.7. The van der Waals surface area contributed by atoms with Gasteiger partial charge in [0.15, 0.2) is 0 Å². The van der Waals surface area contributed by atoms with Crippen molar-refractivity contribution in [2.24, 2.45) is 0 Å². The maximum absolute atomic E-state index is 12.8. The summed E-state index contributed by atoms with van der Waals surface area (Å²) in [7, 11) is 0. The van der Waals surface area contributed by atoms with Crippen LogP contribution in [-0.2, 0) is 0 Å². The Bertz CT molecular complexity index is 1220. The molecule has 4 rings (SSSR count). The molecule has 0 saturated carbocycles. The van der Waals surface area contributed by atoms with Crippen LogP contribution in [0, 0.1) is 6.92 Å². The highest BCUT2D eigenvalue weighted by atomic mass is 35.5. The number of anilines is 1. The largest absolute Gasteiger partial charge is 0.461 e. The fraction of sp³-hybridized carbons (Fsp3) is 0.0385. The summed E-state index contributed by atoms with van der Waals surface area (Å²) in [6, 6.07) is 24.6. The predicted octanol–water partition coefficient (Wildman–Crippen LogP) is 7.98. The first kappa shape index (κ1) is 21.0. The van der Waals surface area contributed by atoms with Crippen LogP contribution in [0.25, 0.3) is 23.5 Å². The molecule has 4 aromatic rings. The number of carbonyl (C=O) groups is 1. The van der Waals surface area contributed by atoms with E-state index in [4.69, 9.17) is 27.6 Å². The number of rotatable bonds is 5. The van der Waals surface area contributed by atoms with Gasteiger partial charge < -0.3 is 9.73 Å². The Morgan fingerprint density at radius 1 is 0.839 bits per heavy atom. The highest BCUT2D eigenvalue weighted by Crippen LogP contribution is 2.30. The van der Waals surface area contributed by atoms with Gasteiger partial charge in [-0.15, -0.1) is 0 Å². The van der Waals surface area contributed by atoms with Crippen LogP contribution in [0.5, 0.6) is 0 Å². The van der Waals surface area contributed by atoms with Crippen molar-refractivity contribution >= 4 is 46.9 Å². The van der Waals surface area contributed by atoms with E-state index in [2.05, 4.69) is 5.32 Å². The number of aryl methyl sites for hydroxylation is 1. The van der Waals surface area contributed by atoms with Crippen LogP contribution >= 0.6 is 23.2 Å². The summed E-state index contributed by atoms with van der Waals surface area (Å²) >= 11 is 12.2. The minimum absolute atomic E-state index is 0.242. The highest BCUT2D eigenvalue weighted by Gasteiger charge is 2.17. The van der Waals surface area contributed by atoms with E-state index in [0.717, 1.165) is 11.1 Å². The maximum atomic E-state index is 12.8. The van der Waals surface area contributed by atoms with Gasteiger partial charge in [-0.05, 0) is 54.4 Å². The molecule has 0 aliphatic carbocycles. The third-order valence-electron chi connectivity index (χ3n) is 4.75. The first-order chi connectivity index (χ1) is 15.0. The van der Waals surface area contributed by atoms with Crippen LogP contribution in [-0.4, -0.2) is 5.91 Å². The Balaban J connectivity index is 1.47. The van der Waals surface area contributed by atoms with Crippen LogP contribution in [0.2, 0.25) is 10.0 Å². The first-order valence-corrected chi connectivity index (χ1v) is 10.4. The topological polar surface area (TPSA) is 42.2 Å². The predicted molar refractivity (Wildman–Crippen MR) is 129 cm³/mol. The van der Waals surface area contributed by atoms with E-state index in [9.17, 15) is 4.79 Å². The molecule has 0 bridgehead atoms. The molecule has 0 spiro atoms. The van der Waals surface area contributed by atoms with Gasteiger partial charge in [-0.3, -0.25) is 4.79 Å². The molecule has 3 aromatic carbocycles. The summed E-state index contributed by atoms with van der Waals surface area (Å²) in [5.41, 5.74) is 4.05. The van der Waals surface area contributed by atoms with Crippen molar-refractivity contribution in [1.82, 2.24) is 0 Å². The molecule has 0 fully saturated rings. The van der Waals surface area contributed by atoms with Gasteiger partial charge in [-0.1, -0.05) is 77.8 Å². The smallest absolute Gasteiger partial charge is 0.259 e. The summed E-state index contributed by atoms with van der Waals surface area (Å²) < 4.78 is 5.78. The number of benzene rings is 3. The lowest BCUT2D eigenvalue weighted by molar-refractivity contribution is 0.102. The first-order valence-electron chi connectivity index (χ1n) is 9.69. The quantitative estimate of drug-likeness (QED) is 0.315. The average Bonchev–Trinajstić information content (AvgIpc) is 3.15. The Kier molecular flexibility index (Phi) is 6.26. The lowest BCUT2D eigenvalue weighted by atomic mass is 10.1. The van der Waals surface area contributed by atoms with Gasteiger partial charge in [-0.25, -0.2) is 0 Å². The van der Waals surface area contributed by atoms with E-state index >= 15 is 0 Å². The second-order valence-electron chi connectivity index (χ2n) is 7.06. The monoisotopic (exact) mass is 447 g/mol. The lowest BCUT2D eigenvalue weighted by Gasteiger charge is -2.04. The Morgan fingerprint density at radius 3 is 2.10 bits per heavy atom. The SMILES string of the molecule is Cc1oc(-c2cc(Cl)cc(Cl)c2)cc1C(=O)Nc1ccc(/C=C/c2ccccc2)cc1. The van der Waals surface area contributed by atoms with Crippen LogP contribution in [0.1, 0.15) is 27.2 Å². The van der Waals surface area contributed by atoms with Gasteiger partial charge in [0, 0.05) is 21.3 Å². The number of amides is 1. The molecule has 0 radical (unpaired) electrons. The molecular formula is C26H19Cl2NO2. The molecule has 31 heavy (non-hydrogen) atoms. The fourth-order valence-electron chi connectivity index (χ4n) is 3.18. The standard InChI is InChI=1S/C26H19Cl2NO2/c1-17-24(16-25(31-17)20-13-21(27)15-22(28)14-20)26(30)29-23-11-9-19(10-12-23)8-7-18-5-3-2-4-6-18/h2-16H,1H3,(H,29,30)/b8-7+. The number of halogens is 2. The van der Waals surface area contributed by atoms with E-state index < -0.39 is 0 Å². The zero-order chi connectivity index (χ0) is 21.8. The van der Waals surface area contributed by atoms with Crippen molar-refractivity contribution in [2.45, 2.75) is 6.92 Å². The zero-order valence-corrected chi connectivity index (χ0v) is 18.2. The van der Waals surface area contributed by atoms with E-state index in [0.29, 0.717) is 38.4 Å². The Labute approximate surface area is 190 Å². The lowest BCUT2D eigenvalue weighted by Crippen LogP contribution is -2.11. The van der Waals surface area contributed by atoms with Gasteiger partial charge >= 0.3 is 0 Å². The number of hydrogen-bond donors (Lipinski definition) is 1. The molecule has 1 aromatic heterocycles. The molecule has 1 N–H and O–H groups in total. The molecule has 5 heteroatoms. The third kappa shape index (κ3) is 5.26. The van der Waals surface area contributed by atoms with E-state index in [1.54, 1.807) is 31.2 Å². The van der Waals surface area contributed by atoms with Crippen molar-refractivity contribution < 1.29 is 9.21 Å². The number of hydrogen-bond acceptors (Lipinski definition) is 2. The van der Waals surface area contributed by atoms with Crippen molar-refractivity contribution in [3.05, 3.63) is 111 Å². The van der Waals surface area contributed by atoms with Crippen LogP contribution in [0.4, 0.5) is 5.69 Å². The van der Waals surface area contributed by atoms with Crippen molar-refractivity contribution in [1.29, 1.82) is 0 Å². The van der Waals surface area contributed by atoms with E-state index in [1.807, 2.05) is 66.7 Å². The average molecular weight is 448 g/mol. The van der Waals surface area contributed by atoms with Crippen LogP contribution in [0.15, 0.2) is 83.3 Å². The van der Waals surface area contributed by atoms with E-state index in [-0.39, 0.29) is 5.91 Å². The molecule has 0 unspecified atom stereocenters. The van der Waals surface area contributed by atoms with Gasteiger partial charge in [-0.2, -0.15) is 0 Å². The van der Waals surface area contributed by atoms with Gasteiger partial charge in [0.1, 0.15) is 11.5 Å². The normalized spacial score (nSPS) is 11.1. The molecule has 0 atom stereocenters. The summed E-state index contributed by atoms with van der Waals surface area (Å²) in [6.45, 7) is 1.75. The van der Waals surface area contributed by atoms with Crippen LogP contribution in [0.3, 0.4) is 0 Å². The van der Waals surface area contributed by atoms with Gasteiger partial charge in [0.05, 0.1) is 5.56 Å². The Hall–Kier alpha value is -3.27. The molecule has 154 valence electrons. The minimum atomic E-state index is -0.242. The number of carbonyl (C=O) groups excluding carboxylic acids is 1. The van der Waals surface area contributed by atoms with Gasteiger partial charge in [0.2, 0.25) is 0 Å². The van der Waals surface area contributed by atoms with Crippen LogP contribution < -0.4 is 5.32 Å². The third-order valence-corrected chi connectivity index (χ3v) is 5.18. The second-order valence-corrected chi connectivity index (χ2v) is 7.93. The van der Waals surface area contributed by atoms with Crippen molar-refractivity contribution in [3.63, 3.8) is 0 Å². The maximum Gasteiger partial charge on any atom is 0.259 e. The van der Waals surface area contributed by atoms with Gasteiger partial charge in [0.25, 0.3) is 5.91 Å². The van der Waals surface area contributed by atoms with E-state index in [1.165, 1.54) is 0 Å². The Morgan fingerprint density at radius 2 is 1.45 bits per heavy atom. The summed E-state index contributed by atoms with van der Waals surface area (Å²) in [5, 5.41) is 3.92. The minimum Gasteiger partial charge on any atom is -0.461 e. The molecule has 0 saturated heterocycles. The summed E-state index contributed by atoms with van der Waals surface area (Å²) in [6.07, 6.45) is 4.08. The van der Waals surface area contributed by atoms with Crippen molar-refractivity contribution in [2.75, 3.05) is 5.32 Å². The number of nitrogens with one attached hydrogen (secondary N) is 1. The molecule has 0 aliphatic rings. The molecule has 1 heterocycles. The highest BCUT2D eigenvalue weighted by molar-refractivity contribution is 6.35.